The molecule has 2 fully saturated rings. The number of nitrogens with zero attached hydrogens (tertiary/aromatic N) is 4. The van der Waals surface area contributed by atoms with Crippen LogP contribution < -0.4 is 4.90 Å². The summed E-state index contributed by atoms with van der Waals surface area (Å²) in [5.74, 6) is 0.979. The summed E-state index contributed by atoms with van der Waals surface area (Å²) in [5, 5.41) is 8.51. The normalized spacial score (nSPS) is 26.5. The van der Waals surface area contributed by atoms with Gasteiger partial charge in [0.2, 0.25) is 0 Å². The first kappa shape index (κ1) is 15.6. The predicted octanol–water partition coefficient (Wildman–Crippen LogP) is 1.10. The van der Waals surface area contributed by atoms with Crippen LogP contribution >= 0.6 is 0 Å². The van der Waals surface area contributed by atoms with E-state index in [0.29, 0.717) is 12.1 Å². The van der Waals surface area contributed by atoms with E-state index in [-0.39, 0.29) is 0 Å². The fraction of sp³-hybridized carbons (Fsp3) is 0.750. The summed E-state index contributed by atoms with van der Waals surface area (Å²) in [6, 6.07) is 4.59. The van der Waals surface area contributed by atoms with E-state index in [1.54, 1.807) is 7.11 Å². The summed E-state index contributed by atoms with van der Waals surface area (Å²) in [4.78, 5) is 4.87. The number of rotatable bonds is 4. The van der Waals surface area contributed by atoms with Crippen molar-refractivity contribution in [3.63, 3.8) is 0 Å². The first-order chi connectivity index (χ1) is 10.8. The van der Waals surface area contributed by atoms with Gasteiger partial charge in [0, 0.05) is 39.3 Å². The van der Waals surface area contributed by atoms with E-state index in [4.69, 9.17) is 9.47 Å². The Kier molecular flexibility index (Phi) is 5.23. The molecule has 3 heterocycles. The molecule has 0 N–H and O–H groups in total. The zero-order valence-corrected chi connectivity index (χ0v) is 13.6. The van der Waals surface area contributed by atoms with Crippen LogP contribution in [0.15, 0.2) is 12.1 Å². The van der Waals surface area contributed by atoms with Gasteiger partial charge in [-0.2, -0.15) is 5.10 Å². The maximum atomic E-state index is 6.03. The second-order valence-corrected chi connectivity index (χ2v) is 6.10. The van der Waals surface area contributed by atoms with E-state index in [1.165, 1.54) is 0 Å². The zero-order valence-electron chi connectivity index (χ0n) is 13.6. The summed E-state index contributed by atoms with van der Waals surface area (Å²) < 4.78 is 11.3. The number of aryl methyl sites for hydroxylation is 1. The van der Waals surface area contributed by atoms with Gasteiger partial charge in [-0.05, 0) is 31.9 Å². The molecule has 6 nitrogen and oxygen atoms in total. The standard InChI is InChI=1S/C16H26N4O2/c1-13-3-4-16(18-17-13)20-7-5-14-15(6-8-20)22-12-10-19(14)9-11-21-2/h3-4,14-15H,5-12H2,1-2H3. The Morgan fingerprint density at radius 3 is 2.86 bits per heavy atom. The molecule has 0 spiro atoms. The highest BCUT2D eigenvalue weighted by atomic mass is 16.5. The summed E-state index contributed by atoms with van der Waals surface area (Å²) in [7, 11) is 1.77. The second kappa shape index (κ2) is 7.35. The number of fused-ring (bicyclic) bond motifs is 1. The molecule has 2 atom stereocenters. The topological polar surface area (TPSA) is 50.7 Å². The molecular weight excluding hydrogens is 280 g/mol. The Morgan fingerprint density at radius 1 is 1.23 bits per heavy atom. The lowest BCUT2D eigenvalue weighted by atomic mass is 10.0. The minimum atomic E-state index is 0.328. The smallest absolute Gasteiger partial charge is 0.151 e. The molecule has 0 aliphatic carbocycles. The lowest BCUT2D eigenvalue weighted by Gasteiger charge is -2.40. The molecule has 2 aliphatic rings. The third-order valence-corrected chi connectivity index (χ3v) is 4.68. The van der Waals surface area contributed by atoms with Crippen molar-refractivity contribution in [2.75, 3.05) is 51.4 Å². The van der Waals surface area contributed by atoms with Crippen LogP contribution in [0.25, 0.3) is 0 Å². The number of methoxy groups -OCH3 is 1. The van der Waals surface area contributed by atoms with Crippen LogP contribution in [-0.4, -0.2) is 73.7 Å². The van der Waals surface area contributed by atoms with E-state index in [2.05, 4.69) is 26.1 Å². The van der Waals surface area contributed by atoms with Gasteiger partial charge in [-0.25, -0.2) is 0 Å². The fourth-order valence-corrected chi connectivity index (χ4v) is 3.44. The van der Waals surface area contributed by atoms with E-state index in [9.17, 15) is 0 Å². The van der Waals surface area contributed by atoms with Gasteiger partial charge in [0.25, 0.3) is 0 Å². The predicted molar refractivity (Wildman–Crippen MR) is 85.2 cm³/mol. The second-order valence-electron chi connectivity index (χ2n) is 6.10. The Labute approximate surface area is 132 Å². The van der Waals surface area contributed by atoms with Gasteiger partial charge >= 0.3 is 0 Å². The number of aromatic nitrogens is 2. The monoisotopic (exact) mass is 306 g/mol. The third-order valence-electron chi connectivity index (χ3n) is 4.68. The van der Waals surface area contributed by atoms with E-state index < -0.39 is 0 Å². The molecule has 3 rings (SSSR count). The highest BCUT2D eigenvalue weighted by Crippen LogP contribution is 2.25. The Morgan fingerprint density at radius 2 is 2.09 bits per heavy atom. The number of hydrogen-bond donors (Lipinski definition) is 0. The molecule has 2 aliphatic heterocycles. The molecular formula is C16H26N4O2. The van der Waals surface area contributed by atoms with Gasteiger partial charge in [-0.3, -0.25) is 4.90 Å². The Bertz CT molecular complexity index is 468. The average molecular weight is 306 g/mol. The number of anilines is 1. The first-order valence-corrected chi connectivity index (χ1v) is 8.18. The summed E-state index contributed by atoms with van der Waals surface area (Å²) in [5.41, 5.74) is 0.960. The summed E-state index contributed by atoms with van der Waals surface area (Å²) in [6.07, 6.45) is 2.47. The van der Waals surface area contributed by atoms with Gasteiger partial charge < -0.3 is 14.4 Å². The maximum Gasteiger partial charge on any atom is 0.151 e. The summed E-state index contributed by atoms with van der Waals surface area (Å²) in [6.45, 7) is 7.57. The third kappa shape index (κ3) is 3.56. The van der Waals surface area contributed by atoms with Crippen molar-refractivity contribution >= 4 is 5.82 Å². The molecule has 0 radical (unpaired) electrons. The summed E-state index contributed by atoms with van der Waals surface area (Å²) >= 11 is 0. The van der Waals surface area contributed by atoms with Crippen molar-refractivity contribution in [2.24, 2.45) is 0 Å². The average Bonchev–Trinajstić information content (AvgIpc) is 2.77. The van der Waals surface area contributed by atoms with Gasteiger partial charge in [0.1, 0.15) is 0 Å². The quantitative estimate of drug-likeness (QED) is 0.830. The van der Waals surface area contributed by atoms with Gasteiger partial charge in [-0.15, -0.1) is 5.10 Å². The molecule has 1 aromatic heterocycles. The molecule has 0 amide bonds. The van der Waals surface area contributed by atoms with E-state index in [0.717, 1.165) is 63.7 Å². The van der Waals surface area contributed by atoms with Crippen LogP contribution in [0.3, 0.4) is 0 Å². The molecule has 2 unspecified atom stereocenters. The lowest BCUT2D eigenvalue weighted by molar-refractivity contribution is -0.0760. The van der Waals surface area contributed by atoms with Crippen LogP contribution in [0.1, 0.15) is 18.5 Å². The molecule has 22 heavy (non-hydrogen) atoms. The largest absolute Gasteiger partial charge is 0.383 e. The highest BCUT2D eigenvalue weighted by molar-refractivity contribution is 5.37. The van der Waals surface area contributed by atoms with Crippen LogP contribution in [0.2, 0.25) is 0 Å². The minimum absolute atomic E-state index is 0.328. The molecule has 122 valence electrons. The number of morpholine rings is 1. The van der Waals surface area contributed by atoms with E-state index in [1.807, 2.05) is 13.0 Å². The first-order valence-electron chi connectivity index (χ1n) is 8.18. The molecule has 0 aromatic carbocycles. The van der Waals surface area contributed by atoms with E-state index >= 15 is 0 Å². The van der Waals surface area contributed by atoms with Crippen molar-refractivity contribution in [1.29, 1.82) is 0 Å². The lowest BCUT2D eigenvalue weighted by Crippen LogP contribution is -2.52. The maximum absolute atomic E-state index is 6.03. The highest BCUT2D eigenvalue weighted by Gasteiger charge is 2.34. The van der Waals surface area contributed by atoms with Crippen LogP contribution in [0.5, 0.6) is 0 Å². The minimum Gasteiger partial charge on any atom is -0.383 e. The van der Waals surface area contributed by atoms with Crippen molar-refractivity contribution in [3.8, 4) is 0 Å². The Balaban J connectivity index is 1.66. The van der Waals surface area contributed by atoms with Crippen LogP contribution in [0, 0.1) is 6.92 Å². The van der Waals surface area contributed by atoms with Gasteiger partial charge in [0.05, 0.1) is 25.0 Å². The zero-order chi connectivity index (χ0) is 15.4. The molecule has 1 aromatic rings. The molecule has 2 saturated heterocycles. The van der Waals surface area contributed by atoms with Crippen molar-refractivity contribution in [1.82, 2.24) is 15.1 Å². The molecule has 6 heteroatoms. The Hall–Kier alpha value is -1.24. The molecule has 0 bridgehead atoms. The molecule has 0 saturated carbocycles. The SMILES string of the molecule is COCCN1CCOC2CCN(c3ccc(C)nn3)CCC21. The number of ether oxygens (including phenoxy) is 2. The van der Waals surface area contributed by atoms with Crippen molar-refractivity contribution in [2.45, 2.75) is 31.9 Å². The van der Waals surface area contributed by atoms with Crippen molar-refractivity contribution in [3.05, 3.63) is 17.8 Å². The number of hydrogen-bond acceptors (Lipinski definition) is 6. The van der Waals surface area contributed by atoms with Crippen LogP contribution in [0.4, 0.5) is 5.82 Å². The van der Waals surface area contributed by atoms with Gasteiger partial charge in [0.15, 0.2) is 5.82 Å². The van der Waals surface area contributed by atoms with Crippen LogP contribution in [-0.2, 0) is 9.47 Å². The van der Waals surface area contributed by atoms with Gasteiger partial charge in [-0.1, -0.05) is 0 Å². The van der Waals surface area contributed by atoms with Crippen molar-refractivity contribution < 1.29 is 9.47 Å². The fourth-order valence-electron chi connectivity index (χ4n) is 3.44.